The number of aromatic hydroxyl groups is 1. The fraction of sp³-hybridized carbons (Fsp3) is 0.385. The van der Waals surface area contributed by atoms with Gasteiger partial charge in [-0.3, -0.25) is 0 Å². The molecule has 2 atom stereocenters. The van der Waals surface area contributed by atoms with Crippen LogP contribution in [-0.4, -0.2) is 62.2 Å². The Labute approximate surface area is 204 Å². The topological polar surface area (TPSA) is 125 Å². The van der Waals surface area contributed by atoms with Crippen molar-refractivity contribution in [1.82, 2.24) is 20.2 Å². The summed E-state index contributed by atoms with van der Waals surface area (Å²) >= 11 is 0. The van der Waals surface area contributed by atoms with Crippen molar-refractivity contribution >= 4 is 17.3 Å². The van der Waals surface area contributed by atoms with E-state index < -0.39 is 6.10 Å². The second kappa shape index (κ2) is 9.76. The SMILES string of the molecule is CC1CCN(c2cc(-c3ccccc3O)nnc2N)CCN1c1ccnc(C#CC(O)C2CC2)n1. The Hall–Kier alpha value is -3.90. The zero-order valence-corrected chi connectivity index (χ0v) is 19.7. The Morgan fingerprint density at radius 2 is 1.91 bits per heavy atom. The molecule has 1 aliphatic carbocycles. The van der Waals surface area contributed by atoms with Crippen LogP contribution in [0.25, 0.3) is 11.3 Å². The summed E-state index contributed by atoms with van der Waals surface area (Å²) in [6, 6.07) is 11.1. The van der Waals surface area contributed by atoms with E-state index in [9.17, 15) is 10.2 Å². The number of anilines is 3. The fourth-order valence-electron chi connectivity index (χ4n) is 4.34. The predicted molar refractivity (Wildman–Crippen MR) is 135 cm³/mol. The summed E-state index contributed by atoms with van der Waals surface area (Å²) in [5.74, 6) is 7.86. The molecule has 0 radical (unpaired) electrons. The predicted octanol–water partition coefficient (Wildman–Crippen LogP) is 2.45. The highest BCUT2D eigenvalue weighted by Gasteiger charge is 2.28. The Bertz CT molecular complexity index is 1270. The Balaban J connectivity index is 1.35. The minimum absolute atomic E-state index is 0.153. The third-order valence-corrected chi connectivity index (χ3v) is 6.62. The van der Waals surface area contributed by atoms with Gasteiger partial charge in [0.05, 0.1) is 11.4 Å². The van der Waals surface area contributed by atoms with Crippen LogP contribution in [0.4, 0.5) is 17.3 Å². The van der Waals surface area contributed by atoms with Gasteiger partial charge in [0.2, 0.25) is 5.82 Å². The van der Waals surface area contributed by atoms with E-state index in [1.165, 1.54) is 0 Å². The molecule has 1 aromatic carbocycles. The molecule has 9 heteroatoms. The van der Waals surface area contributed by atoms with Gasteiger partial charge in [-0.05, 0) is 62.3 Å². The summed E-state index contributed by atoms with van der Waals surface area (Å²) in [5, 5.41) is 28.6. The zero-order chi connectivity index (χ0) is 24.4. The smallest absolute Gasteiger partial charge is 0.206 e. The minimum Gasteiger partial charge on any atom is -0.507 e. The highest BCUT2D eigenvalue weighted by molar-refractivity contribution is 5.74. The molecule has 0 spiro atoms. The van der Waals surface area contributed by atoms with Gasteiger partial charge in [-0.2, -0.15) is 0 Å². The third-order valence-electron chi connectivity index (χ3n) is 6.62. The van der Waals surface area contributed by atoms with Gasteiger partial charge >= 0.3 is 0 Å². The molecular formula is C26H29N7O2. The van der Waals surface area contributed by atoms with Crippen LogP contribution in [0, 0.1) is 17.8 Å². The summed E-state index contributed by atoms with van der Waals surface area (Å²) in [4.78, 5) is 13.4. The number of para-hydroxylation sites is 1. The highest BCUT2D eigenvalue weighted by atomic mass is 16.3. The number of rotatable bonds is 4. The second-order valence-electron chi connectivity index (χ2n) is 9.13. The molecule has 2 aromatic heterocycles. The monoisotopic (exact) mass is 471 g/mol. The number of aliphatic hydroxyl groups excluding tert-OH is 1. The molecule has 1 saturated carbocycles. The molecule has 0 amide bonds. The summed E-state index contributed by atoms with van der Waals surface area (Å²) in [6.45, 7) is 4.41. The number of nitrogens with two attached hydrogens (primary N) is 1. The average Bonchev–Trinajstić information content (AvgIpc) is 3.72. The number of aromatic nitrogens is 4. The maximum Gasteiger partial charge on any atom is 0.206 e. The van der Waals surface area contributed by atoms with Crippen molar-refractivity contribution in [3.05, 3.63) is 48.4 Å². The molecule has 9 nitrogen and oxygen atoms in total. The molecule has 5 rings (SSSR count). The van der Waals surface area contributed by atoms with E-state index in [2.05, 4.69) is 48.7 Å². The Kier molecular flexibility index (Phi) is 6.38. The summed E-state index contributed by atoms with van der Waals surface area (Å²) in [6.07, 6.45) is 4.07. The van der Waals surface area contributed by atoms with E-state index in [0.717, 1.165) is 43.9 Å². The molecule has 4 N–H and O–H groups in total. The molecular weight excluding hydrogens is 442 g/mol. The molecule has 2 aliphatic rings. The molecule has 2 unspecified atom stereocenters. The molecule has 35 heavy (non-hydrogen) atoms. The lowest BCUT2D eigenvalue weighted by Gasteiger charge is -2.28. The van der Waals surface area contributed by atoms with Gasteiger partial charge < -0.3 is 25.7 Å². The first-order valence-electron chi connectivity index (χ1n) is 12.0. The van der Waals surface area contributed by atoms with E-state index in [-0.39, 0.29) is 11.8 Å². The van der Waals surface area contributed by atoms with Crippen LogP contribution in [0.1, 0.15) is 32.0 Å². The Morgan fingerprint density at radius 3 is 2.71 bits per heavy atom. The third kappa shape index (κ3) is 5.12. The number of nitrogen functional groups attached to an aromatic ring is 1. The van der Waals surface area contributed by atoms with Crippen LogP contribution in [0.15, 0.2) is 42.6 Å². The summed E-state index contributed by atoms with van der Waals surface area (Å²) in [7, 11) is 0. The van der Waals surface area contributed by atoms with E-state index in [4.69, 9.17) is 5.73 Å². The normalized spacial score (nSPS) is 19.0. The maximum atomic E-state index is 10.2. The number of phenols is 1. The Morgan fingerprint density at radius 1 is 1.09 bits per heavy atom. The van der Waals surface area contributed by atoms with Gasteiger partial charge in [0.15, 0.2) is 5.82 Å². The van der Waals surface area contributed by atoms with Gasteiger partial charge in [0.1, 0.15) is 17.7 Å². The maximum absolute atomic E-state index is 10.2. The molecule has 1 saturated heterocycles. The van der Waals surface area contributed by atoms with Crippen LogP contribution in [-0.2, 0) is 0 Å². The van der Waals surface area contributed by atoms with E-state index in [1.54, 1.807) is 18.3 Å². The number of aliphatic hydroxyl groups is 1. The van der Waals surface area contributed by atoms with Crippen molar-refractivity contribution in [3.8, 4) is 28.8 Å². The number of phenolic OH excluding ortho intramolecular Hbond substituents is 1. The van der Waals surface area contributed by atoms with Gasteiger partial charge in [0, 0.05) is 37.4 Å². The average molecular weight is 472 g/mol. The standard InChI is InChI=1S/C26H29N7O2/c1-17-11-13-32(21-16-20(30-31-26(21)27)19-4-2-3-5-23(19)35)14-15-33(17)25-10-12-28-24(29-25)9-8-22(34)18-6-7-18/h2-5,10,12,16-18,22,34-35H,6-7,11,13-15H2,1H3,(H2,27,31). The molecule has 0 bridgehead atoms. The lowest BCUT2D eigenvalue weighted by Crippen LogP contribution is -2.35. The van der Waals surface area contributed by atoms with Gasteiger partial charge in [-0.1, -0.05) is 18.1 Å². The first kappa shape index (κ1) is 22.9. The van der Waals surface area contributed by atoms with Crippen molar-refractivity contribution in [2.75, 3.05) is 35.2 Å². The van der Waals surface area contributed by atoms with E-state index >= 15 is 0 Å². The molecule has 3 heterocycles. The molecule has 3 aromatic rings. The highest BCUT2D eigenvalue weighted by Crippen LogP contribution is 2.33. The zero-order valence-electron chi connectivity index (χ0n) is 19.7. The van der Waals surface area contributed by atoms with Crippen LogP contribution < -0.4 is 15.5 Å². The second-order valence-corrected chi connectivity index (χ2v) is 9.13. The van der Waals surface area contributed by atoms with Crippen molar-refractivity contribution < 1.29 is 10.2 Å². The van der Waals surface area contributed by atoms with Crippen LogP contribution in [0.3, 0.4) is 0 Å². The number of nitrogens with zero attached hydrogens (tertiary/aromatic N) is 6. The quantitative estimate of drug-likeness (QED) is 0.492. The van der Waals surface area contributed by atoms with Crippen LogP contribution in [0.5, 0.6) is 5.75 Å². The number of hydrogen-bond donors (Lipinski definition) is 3. The first-order valence-corrected chi connectivity index (χ1v) is 12.0. The van der Waals surface area contributed by atoms with E-state index in [1.807, 2.05) is 24.3 Å². The molecule has 1 aliphatic heterocycles. The molecule has 2 fully saturated rings. The van der Waals surface area contributed by atoms with Crippen LogP contribution in [0.2, 0.25) is 0 Å². The van der Waals surface area contributed by atoms with Crippen molar-refractivity contribution in [3.63, 3.8) is 0 Å². The van der Waals surface area contributed by atoms with Gasteiger partial charge in [0.25, 0.3) is 0 Å². The lowest BCUT2D eigenvalue weighted by molar-refractivity contribution is 0.209. The van der Waals surface area contributed by atoms with E-state index in [0.29, 0.717) is 35.4 Å². The summed E-state index contributed by atoms with van der Waals surface area (Å²) < 4.78 is 0. The minimum atomic E-state index is -0.602. The van der Waals surface area contributed by atoms with Gasteiger partial charge in [-0.15, -0.1) is 10.2 Å². The van der Waals surface area contributed by atoms with Crippen molar-refractivity contribution in [1.29, 1.82) is 0 Å². The lowest BCUT2D eigenvalue weighted by atomic mass is 10.1. The first-order chi connectivity index (χ1) is 17.0. The van der Waals surface area contributed by atoms with Crippen LogP contribution >= 0.6 is 0 Å². The fourth-order valence-corrected chi connectivity index (χ4v) is 4.34. The summed E-state index contributed by atoms with van der Waals surface area (Å²) in [5.41, 5.74) is 8.22. The number of benzene rings is 1. The van der Waals surface area contributed by atoms with Gasteiger partial charge in [-0.25, -0.2) is 9.97 Å². The molecule has 180 valence electrons. The largest absolute Gasteiger partial charge is 0.507 e. The van der Waals surface area contributed by atoms with Crippen molar-refractivity contribution in [2.45, 2.75) is 38.3 Å². The van der Waals surface area contributed by atoms with Crippen molar-refractivity contribution in [2.24, 2.45) is 5.92 Å². The number of hydrogen-bond acceptors (Lipinski definition) is 9.